The number of hydrogen-bond donors (Lipinski definition) is 2. The van der Waals surface area contributed by atoms with E-state index in [1.165, 1.54) is 0 Å². The number of H-pyrrole nitrogens is 1. The summed E-state index contributed by atoms with van der Waals surface area (Å²) in [6.07, 6.45) is 8.17. The fourth-order valence-electron chi connectivity index (χ4n) is 1.44. The predicted molar refractivity (Wildman–Crippen MR) is 60.7 cm³/mol. The van der Waals surface area contributed by atoms with E-state index in [1.54, 1.807) is 19.5 Å². The lowest BCUT2D eigenvalue weighted by molar-refractivity contribution is 0.197. The lowest BCUT2D eigenvalue weighted by Crippen LogP contribution is -2.09. The monoisotopic (exact) mass is 221 g/mol. The van der Waals surface area contributed by atoms with Gasteiger partial charge in [-0.2, -0.15) is 5.10 Å². The fourth-order valence-corrected chi connectivity index (χ4v) is 1.44. The zero-order valence-corrected chi connectivity index (χ0v) is 9.18. The average molecular weight is 221 g/mol. The third-order valence-electron chi connectivity index (χ3n) is 2.21. The molecular formula is C10H15N5O. The zero-order valence-electron chi connectivity index (χ0n) is 9.18. The Balaban J connectivity index is 1.97. The van der Waals surface area contributed by atoms with E-state index >= 15 is 0 Å². The number of nitrogens with zero attached hydrogens (tertiary/aromatic N) is 3. The van der Waals surface area contributed by atoms with Crippen molar-refractivity contribution in [2.45, 2.75) is 6.42 Å². The Morgan fingerprint density at radius 3 is 3.25 bits per heavy atom. The Bertz CT molecular complexity index is 409. The molecule has 0 aromatic carbocycles. The maximum Gasteiger partial charge on any atom is 0.207 e. The summed E-state index contributed by atoms with van der Waals surface area (Å²) in [5.41, 5.74) is 0.965. The minimum absolute atomic E-state index is 0.749. The van der Waals surface area contributed by atoms with Crippen LogP contribution in [0.15, 0.2) is 24.8 Å². The molecule has 2 aromatic heterocycles. The first-order chi connectivity index (χ1) is 7.92. The molecule has 0 aliphatic heterocycles. The highest BCUT2D eigenvalue weighted by Crippen LogP contribution is 2.11. The van der Waals surface area contributed by atoms with Crippen LogP contribution in [0.1, 0.15) is 6.42 Å². The molecule has 0 fully saturated rings. The van der Waals surface area contributed by atoms with E-state index in [-0.39, 0.29) is 0 Å². The van der Waals surface area contributed by atoms with E-state index in [2.05, 4.69) is 20.5 Å². The van der Waals surface area contributed by atoms with Crippen LogP contribution in [0.25, 0.3) is 5.69 Å². The van der Waals surface area contributed by atoms with Gasteiger partial charge in [-0.25, -0.2) is 4.98 Å². The number of rotatable bonds is 6. The lowest BCUT2D eigenvalue weighted by Gasteiger charge is -2.07. The summed E-state index contributed by atoms with van der Waals surface area (Å²) in [5, 5.41) is 9.93. The molecule has 0 amide bonds. The Kier molecular flexibility index (Phi) is 3.55. The topological polar surface area (TPSA) is 67.8 Å². The molecule has 2 rings (SSSR count). The molecule has 2 N–H and O–H groups in total. The number of ether oxygens (including phenoxy) is 1. The van der Waals surface area contributed by atoms with Gasteiger partial charge in [-0.1, -0.05) is 0 Å². The third kappa shape index (κ3) is 2.40. The van der Waals surface area contributed by atoms with Crippen molar-refractivity contribution in [2.75, 3.05) is 25.6 Å². The minimum Gasteiger partial charge on any atom is -0.385 e. The molecule has 16 heavy (non-hydrogen) atoms. The predicted octanol–water partition coefficient (Wildman–Crippen LogP) is 1.04. The smallest absolute Gasteiger partial charge is 0.207 e. The van der Waals surface area contributed by atoms with Gasteiger partial charge in [0.25, 0.3) is 0 Å². The number of imidazole rings is 1. The summed E-state index contributed by atoms with van der Waals surface area (Å²) in [6, 6.07) is 0. The van der Waals surface area contributed by atoms with Crippen molar-refractivity contribution >= 4 is 5.95 Å². The van der Waals surface area contributed by atoms with E-state index in [0.717, 1.165) is 31.2 Å². The normalized spacial score (nSPS) is 10.6. The van der Waals surface area contributed by atoms with E-state index in [1.807, 2.05) is 17.0 Å². The molecule has 0 radical (unpaired) electrons. The average Bonchev–Trinajstić information content (AvgIpc) is 2.94. The van der Waals surface area contributed by atoms with Crippen molar-refractivity contribution in [1.82, 2.24) is 19.7 Å². The first-order valence-electron chi connectivity index (χ1n) is 5.17. The number of aromatic amines is 1. The van der Waals surface area contributed by atoms with Crippen molar-refractivity contribution in [1.29, 1.82) is 0 Å². The molecule has 2 aromatic rings. The van der Waals surface area contributed by atoms with Crippen LogP contribution in [0, 0.1) is 0 Å². The van der Waals surface area contributed by atoms with Crippen LogP contribution in [0.2, 0.25) is 0 Å². The second-order valence-corrected chi connectivity index (χ2v) is 3.35. The van der Waals surface area contributed by atoms with Gasteiger partial charge in [0.15, 0.2) is 0 Å². The summed E-state index contributed by atoms with van der Waals surface area (Å²) in [5.74, 6) is 0.817. The number of hydrogen-bond acceptors (Lipinski definition) is 4. The quantitative estimate of drug-likeness (QED) is 0.715. The molecule has 0 saturated carbocycles. The van der Waals surface area contributed by atoms with Crippen LogP contribution < -0.4 is 5.32 Å². The van der Waals surface area contributed by atoms with Gasteiger partial charge >= 0.3 is 0 Å². The fraction of sp³-hybridized carbons (Fsp3) is 0.400. The van der Waals surface area contributed by atoms with Gasteiger partial charge < -0.3 is 10.1 Å². The molecule has 6 heteroatoms. The molecular weight excluding hydrogens is 206 g/mol. The van der Waals surface area contributed by atoms with Crippen LogP contribution in [-0.4, -0.2) is 40.0 Å². The zero-order chi connectivity index (χ0) is 11.2. The first-order valence-corrected chi connectivity index (χ1v) is 5.17. The Labute approximate surface area is 93.6 Å². The molecule has 86 valence electrons. The van der Waals surface area contributed by atoms with Gasteiger partial charge in [-0.3, -0.25) is 9.67 Å². The second-order valence-electron chi connectivity index (χ2n) is 3.35. The Hall–Kier alpha value is -1.82. The van der Waals surface area contributed by atoms with E-state index in [4.69, 9.17) is 4.74 Å². The SMILES string of the molecule is COCCCNc1nccn1-c1cn[nH]c1. The highest BCUT2D eigenvalue weighted by molar-refractivity contribution is 5.38. The highest BCUT2D eigenvalue weighted by Gasteiger charge is 2.04. The molecule has 0 bridgehead atoms. The molecule has 2 heterocycles. The maximum atomic E-state index is 4.98. The van der Waals surface area contributed by atoms with Crippen molar-refractivity contribution in [3.63, 3.8) is 0 Å². The van der Waals surface area contributed by atoms with Crippen LogP contribution in [0.3, 0.4) is 0 Å². The molecule has 0 saturated heterocycles. The standard InChI is InChI=1S/C10H15N5O/c1-16-6-2-3-11-10-12-4-5-15(10)9-7-13-14-8-9/h4-5,7-8H,2-3,6H2,1H3,(H,11,12)(H,13,14). The Morgan fingerprint density at radius 2 is 2.50 bits per heavy atom. The molecule has 0 spiro atoms. The van der Waals surface area contributed by atoms with Gasteiger partial charge in [-0.05, 0) is 6.42 Å². The van der Waals surface area contributed by atoms with Crippen molar-refractivity contribution in [2.24, 2.45) is 0 Å². The summed E-state index contributed by atoms with van der Waals surface area (Å²) < 4.78 is 6.92. The molecule has 0 aliphatic rings. The summed E-state index contributed by atoms with van der Waals surface area (Å²) in [4.78, 5) is 4.24. The minimum atomic E-state index is 0.749. The second kappa shape index (κ2) is 5.32. The van der Waals surface area contributed by atoms with Crippen molar-refractivity contribution in [3.8, 4) is 5.69 Å². The van der Waals surface area contributed by atoms with Crippen LogP contribution >= 0.6 is 0 Å². The van der Waals surface area contributed by atoms with Crippen molar-refractivity contribution in [3.05, 3.63) is 24.8 Å². The van der Waals surface area contributed by atoms with Gasteiger partial charge in [0, 0.05) is 38.9 Å². The van der Waals surface area contributed by atoms with E-state index < -0.39 is 0 Å². The highest BCUT2D eigenvalue weighted by atomic mass is 16.5. The third-order valence-corrected chi connectivity index (χ3v) is 2.21. The van der Waals surface area contributed by atoms with Crippen molar-refractivity contribution < 1.29 is 4.74 Å². The summed E-state index contributed by atoms with van der Waals surface area (Å²) in [7, 11) is 1.70. The van der Waals surface area contributed by atoms with Gasteiger partial charge in [0.05, 0.1) is 11.9 Å². The molecule has 6 nitrogen and oxygen atoms in total. The number of methoxy groups -OCH3 is 1. The first kappa shape index (κ1) is 10.7. The lowest BCUT2D eigenvalue weighted by atomic mass is 10.4. The number of aromatic nitrogens is 4. The maximum absolute atomic E-state index is 4.98. The molecule has 0 unspecified atom stereocenters. The molecule has 0 atom stereocenters. The van der Waals surface area contributed by atoms with Crippen LogP contribution in [0.4, 0.5) is 5.95 Å². The van der Waals surface area contributed by atoms with E-state index in [9.17, 15) is 0 Å². The summed E-state index contributed by atoms with van der Waals surface area (Å²) in [6.45, 7) is 1.59. The largest absolute Gasteiger partial charge is 0.385 e. The van der Waals surface area contributed by atoms with Gasteiger partial charge in [0.1, 0.15) is 0 Å². The van der Waals surface area contributed by atoms with E-state index in [0.29, 0.717) is 0 Å². The number of nitrogens with one attached hydrogen (secondary N) is 2. The number of anilines is 1. The summed E-state index contributed by atoms with van der Waals surface area (Å²) >= 11 is 0. The van der Waals surface area contributed by atoms with Crippen LogP contribution in [-0.2, 0) is 4.74 Å². The Morgan fingerprint density at radius 1 is 1.56 bits per heavy atom. The molecule has 0 aliphatic carbocycles. The van der Waals surface area contributed by atoms with Gasteiger partial charge in [0.2, 0.25) is 5.95 Å². The van der Waals surface area contributed by atoms with Crippen LogP contribution in [0.5, 0.6) is 0 Å². The van der Waals surface area contributed by atoms with Gasteiger partial charge in [-0.15, -0.1) is 0 Å².